The van der Waals surface area contributed by atoms with Crippen molar-refractivity contribution in [3.63, 3.8) is 0 Å². The molecule has 2 aromatic carbocycles. The van der Waals surface area contributed by atoms with E-state index in [9.17, 15) is 19.3 Å². The normalized spacial score (nSPS) is 16.0. The van der Waals surface area contributed by atoms with Crippen LogP contribution in [0.3, 0.4) is 0 Å². The number of carbonyl (C=O) groups is 2. The minimum atomic E-state index is -3.31. The summed E-state index contributed by atoms with van der Waals surface area (Å²) in [5.74, 6) is -0.467. The Morgan fingerprint density at radius 2 is 1.74 bits per heavy atom. The lowest BCUT2D eigenvalue weighted by atomic mass is 9.94. The van der Waals surface area contributed by atoms with Gasteiger partial charge in [-0.3, -0.25) is 14.8 Å². The predicted molar refractivity (Wildman–Crippen MR) is 184 cm³/mol. The minimum Gasteiger partial charge on any atom is -0.391 e. The highest BCUT2D eigenvalue weighted by Crippen LogP contribution is 2.47. The molecule has 3 rings (SSSR count). The minimum absolute atomic E-state index is 0.0374. The van der Waals surface area contributed by atoms with Crippen molar-refractivity contribution in [2.24, 2.45) is 11.5 Å². The Kier molecular flexibility index (Phi) is 14.4. The third-order valence-electron chi connectivity index (χ3n) is 7.79. The number of nitrogens with zero attached hydrogens (tertiary/aromatic N) is 2. The molecule has 0 spiro atoms. The number of hydrogen-bond acceptors (Lipinski definition) is 8. The van der Waals surface area contributed by atoms with Crippen molar-refractivity contribution in [3.05, 3.63) is 94.6 Å². The summed E-state index contributed by atoms with van der Waals surface area (Å²) in [6.45, 7) is 6.05. The number of nitrogens with two attached hydrogens (primary N) is 2. The fraction of sp³-hybridized carbons (Fsp3) is 0.441. The molecule has 0 heterocycles. The van der Waals surface area contributed by atoms with Gasteiger partial charge in [0.1, 0.15) is 5.84 Å². The van der Waals surface area contributed by atoms with Crippen LogP contribution in [-0.4, -0.2) is 90.4 Å². The standard InChI is InChI=1S/C34H49N6O6P/c1-5-45-47(44,46-6-2)18-17-38-33(42)28-14-10-13-26(19-28)23-40(31(24(3)41)21-25-11-8-7-9-12-25)34(43)39(4)22-27-15-16-30(35)29(20-27)32(36)37/h7-15,19-20,24,30-31,41H,5-6,16-18,21-23,35H2,1-4H3,(H3,36,37)(H,38,42). The number of likely N-dealkylation sites (N-methyl/N-ethyl adjacent to an activating group) is 1. The van der Waals surface area contributed by atoms with Gasteiger partial charge in [-0.2, -0.15) is 0 Å². The van der Waals surface area contributed by atoms with E-state index in [1.54, 1.807) is 61.9 Å². The highest BCUT2D eigenvalue weighted by molar-refractivity contribution is 7.53. The van der Waals surface area contributed by atoms with Crippen LogP contribution in [-0.2, 0) is 26.6 Å². The third kappa shape index (κ3) is 11.2. The van der Waals surface area contributed by atoms with Crippen molar-refractivity contribution in [1.29, 1.82) is 5.41 Å². The van der Waals surface area contributed by atoms with Crippen LogP contribution in [0.5, 0.6) is 0 Å². The van der Waals surface area contributed by atoms with Crippen LogP contribution in [0.4, 0.5) is 4.79 Å². The maximum Gasteiger partial charge on any atom is 0.332 e. The van der Waals surface area contributed by atoms with E-state index in [0.717, 1.165) is 11.1 Å². The van der Waals surface area contributed by atoms with Gasteiger partial charge in [-0.05, 0) is 68.5 Å². The van der Waals surface area contributed by atoms with Gasteiger partial charge in [0.15, 0.2) is 0 Å². The molecule has 0 fully saturated rings. The molecule has 3 atom stereocenters. The monoisotopic (exact) mass is 668 g/mol. The summed E-state index contributed by atoms with van der Waals surface area (Å²) in [6, 6.07) is 15.3. The second-order valence-corrected chi connectivity index (χ2v) is 13.7. The molecule has 256 valence electrons. The molecule has 3 unspecified atom stereocenters. The Labute approximate surface area is 277 Å². The number of nitrogens with one attached hydrogen (secondary N) is 2. The molecule has 2 aromatic rings. The third-order valence-corrected chi connectivity index (χ3v) is 9.86. The number of carbonyl (C=O) groups excluding carboxylic acids is 2. The van der Waals surface area contributed by atoms with Crippen molar-refractivity contribution < 1.29 is 28.3 Å². The zero-order valence-corrected chi connectivity index (χ0v) is 28.6. The summed E-state index contributed by atoms with van der Waals surface area (Å²) in [5, 5.41) is 21.6. The molecule has 0 radical (unpaired) electrons. The van der Waals surface area contributed by atoms with Crippen LogP contribution in [0, 0.1) is 5.41 Å². The smallest absolute Gasteiger partial charge is 0.332 e. The summed E-state index contributed by atoms with van der Waals surface area (Å²) in [4.78, 5) is 30.4. The number of amides is 3. The number of benzene rings is 2. The maximum absolute atomic E-state index is 14.2. The Morgan fingerprint density at radius 3 is 2.36 bits per heavy atom. The number of urea groups is 1. The molecule has 0 bridgehead atoms. The molecule has 13 heteroatoms. The van der Waals surface area contributed by atoms with Gasteiger partial charge in [0.25, 0.3) is 5.91 Å². The van der Waals surface area contributed by atoms with E-state index in [2.05, 4.69) is 5.32 Å². The largest absolute Gasteiger partial charge is 0.391 e. The van der Waals surface area contributed by atoms with Gasteiger partial charge in [-0.1, -0.05) is 48.5 Å². The molecule has 0 saturated carbocycles. The number of rotatable bonds is 17. The van der Waals surface area contributed by atoms with E-state index in [4.69, 9.17) is 25.9 Å². The second kappa shape index (κ2) is 17.9. The van der Waals surface area contributed by atoms with Crippen LogP contribution >= 0.6 is 7.60 Å². The van der Waals surface area contributed by atoms with E-state index in [1.807, 2.05) is 42.5 Å². The first-order valence-electron chi connectivity index (χ1n) is 15.9. The number of aliphatic hydroxyl groups is 1. The van der Waals surface area contributed by atoms with E-state index in [-0.39, 0.29) is 62.8 Å². The van der Waals surface area contributed by atoms with Crippen LogP contribution in [0.15, 0.2) is 77.9 Å². The van der Waals surface area contributed by atoms with Gasteiger partial charge in [-0.25, -0.2) is 4.79 Å². The summed E-state index contributed by atoms with van der Waals surface area (Å²) in [5.41, 5.74) is 15.2. The van der Waals surface area contributed by atoms with Crippen molar-refractivity contribution in [3.8, 4) is 0 Å². The predicted octanol–water partition coefficient (Wildman–Crippen LogP) is 4.05. The summed E-state index contributed by atoms with van der Waals surface area (Å²) in [7, 11) is -1.63. The van der Waals surface area contributed by atoms with E-state index >= 15 is 0 Å². The zero-order chi connectivity index (χ0) is 34.6. The van der Waals surface area contributed by atoms with Crippen molar-refractivity contribution >= 4 is 25.4 Å². The molecule has 0 aliphatic heterocycles. The molecule has 47 heavy (non-hydrogen) atoms. The molecule has 7 N–H and O–H groups in total. The van der Waals surface area contributed by atoms with Gasteiger partial charge in [0, 0.05) is 43.9 Å². The van der Waals surface area contributed by atoms with Crippen LogP contribution < -0.4 is 16.8 Å². The molecular weight excluding hydrogens is 619 g/mol. The Hall–Kier alpha value is -3.80. The van der Waals surface area contributed by atoms with Crippen molar-refractivity contribution in [2.45, 2.75) is 58.3 Å². The second-order valence-electron chi connectivity index (χ2n) is 11.5. The van der Waals surface area contributed by atoms with Crippen LogP contribution in [0.1, 0.15) is 48.7 Å². The Bertz CT molecular complexity index is 1470. The van der Waals surface area contributed by atoms with Gasteiger partial charge in [-0.15, -0.1) is 0 Å². The molecule has 0 saturated heterocycles. The lowest BCUT2D eigenvalue weighted by Gasteiger charge is -2.37. The molecule has 0 aromatic heterocycles. The topological polar surface area (TPSA) is 184 Å². The molecule has 1 aliphatic carbocycles. The van der Waals surface area contributed by atoms with Gasteiger partial charge in [0.05, 0.1) is 31.5 Å². The number of aliphatic hydroxyl groups excluding tert-OH is 1. The molecular formula is C34H49N6O6P. The average Bonchev–Trinajstić information content (AvgIpc) is 3.03. The SMILES string of the molecule is CCOP(=O)(CCNC(=O)c1cccc(CN(C(=O)N(C)CC2=CCC(N)C(C(=N)N)=C2)C(Cc2ccccc2)C(C)O)c1)OCC. The van der Waals surface area contributed by atoms with Crippen LogP contribution in [0.2, 0.25) is 0 Å². The fourth-order valence-corrected chi connectivity index (χ4v) is 6.92. The number of amidine groups is 1. The van der Waals surface area contributed by atoms with Crippen molar-refractivity contribution in [1.82, 2.24) is 15.1 Å². The van der Waals surface area contributed by atoms with E-state index < -0.39 is 19.7 Å². The van der Waals surface area contributed by atoms with Gasteiger partial charge < -0.3 is 40.7 Å². The van der Waals surface area contributed by atoms with E-state index in [1.165, 1.54) is 0 Å². The quantitative estimate of drug-likeness (QED) is 0.0950. The summed E-state index contributed by atoms with van der Waals surface area (Å²) < 4.78 is 23.4. The number of hydrogen-bond donors (Lipinski definition) is 5. The zero-order valence-electron chi connectivity index (χ0n) is 27.7. The summed E-state index contributed by atoms with van der Waals surface area (Å²) in [6.07, 6.45) is 3.76. The first-order valence-corrected chi connectivity index (χ1v) is 17.6. The molecule has 12 nitrogen and oxygen atoms in total. The van der Waals surface area contributed by atoms with Crippen LogP contribution in [0.25, 0.3) is 0 Å². The highest BCUT2D eigenvalue weighted by atomic mass is 31.2. The molecule has 1 aliphatic rings. The maximum atomic E-state index is 14.2. The lowest BCUT2D eigenvalue weighted by molar-refractivity contribution is 0.0629. The van der Waals surface area contributed by atoms with Gasteiger partial charge >= 0.3 is 13.6 Å². The highest BCUT2D eigenvalue weighted by Gasteiger charge is 2.31. The lowest BCUT2D eigenvalue weighted by Crippen LogP contribution is -2.51. The van der Waals surface area contributed by atoms with E-state index in [0.29, 0.717) is 29.5 Å². The Morgan fingerprint density at radius 1 is 1.09 bits per heavy atom. The summed E-state index contributed by atoms with van der Waals surface area (Å²) >= 11 is 0. The fourth-order valence-electron chi connectivity index (χ4n) is 5.42. The average molecular weight is 669 g/mol. The van der Waals surface area contributed by atoms with Crippen molar-refractivity contribution in [2.75, 3.05) is 39.5 Å². The first kappa shape index (κ1) is 37.7. The first-order chi connectivity index (χ1) is 22.4. The molecule has 3 amide bonds. The Balaban J connectivity index is 1.84. The van der Waals surface area contributed by atoms with Gasteiger partial charge in [0.2, 0.25) is 0 Å².